The lowest BCUT2D eigenvalue weighted by atomic mass is 10.0. The summed E-state index contributed by atoms with van der Waals surface area (Å²) in [6.45, 7) is 2.42. The zero-order valence-corrected chi connectivity index (χ0v) is 11.7. The molecular weight excluding hydrogens is 262 g/mol. The number of nitrogens with one attached hydrogen (secondary N) is 1. The monoisotopic (exact) mass is 277 g/mol. The Balaban J connectivity index is 1.82. The molecule has 1 fully saturated rings. The zero-order valence-electron chi connectivity index (χ0n) is 11.7. The third kappa shape index (κ3) is 3.24. The van der Waals surface area contributed by atoms with Gasteiger partial charge in [0.25, 0.3) is 0 Å². The molecule has 0 saturated carbocycles. The molecule has 3 heteroatoms. The molecule has 3 nitrogen and oxygen atoms in total. The van der Waals surface area contributed by atoms with Crippen LogP contribution in [0.3, 0.4) is 0 Å². The SMILES string of the molecule is Cc1cccc(C#Cc2cccc([C@@H]3COC(=O)N3)c2)c1. The van der Waals surface area contributed by atoms with Gasteiger partial charge in [0.15, 0.2) is 0 Å². The van der Waals surface area contributed by atoms with Gasteiger partial charge in [-0.3, -0.25) is 0 Å². The molecule has 3 rings (SSSR count). The van der Waals surface area contributed by atoms with Crippen molar-refractivity contribution in [3.8, 4) is 11.8 Å². The molecule has 21 heavy (non-hydrogen) atoms. The minimum atomic E-state index is -0.365. The van der Waals surface area contributed by atoms with Gasteiger partial charge in [0.2, 0.25) is 0 Å². The van der Waals surface area contributed by atoms with Gasteiger partial charge < -0.3 is 10.1 Å². The van der Waals surface area contributed by atoms with Gasteiger partial charge in [-0.2, -0.15) is 0 Å². The third-order valence-electron chi connectivity index (χ3n) is 3.33. The summed E-state index contributed by atoms with van der Waals surface area (Å²) in [5, 5.41) is 2.77. The van der Waals surface area contributed by atoms with Crippen molar-refractivity contribution in [2.45, 2.75) is 13.0 Å². The lowest BCUT2D eigenvalue weighted by Gasteiger charge is -2.07. The van der Waals surface area contributed by atoms with Crippen molar-refractivity contribution in [1.82, 2.24) is 5.32 Å². The first-order valence-corrected chi connectivity index (χ1v) is 6.83. The molecule has 1 atom stereocenters. The molecule has 1 N–H and O–H groups in total. The number of alkyl carbamates (subject to hydrolysis) is 1. The summed E-state index contributed by atoms with van der Waals surface area (Å²) in [5.74, 6) is 6.32. The maximum Gasteiger partial charge on any atom is 0.407 e. The fourth-order valence-electron chi connectivity index (χ4n) is 2.26. The van der Waals surface area contributed by atoms with Gasteiger partial charge in [0.1, 0.15) is 6.61 Å². The van der Waals surface area contributed by atoms with E-state index in [2.05, 4.69) is 36.2 Å². The maximum absolute atomic E-state index is 11.1. The fraction of sp³-hybridized carbons (Fsp3) is 0.167. The average molecular weight is 277 g/mol. The minimum Gasteiger partial charge on any atom is -0.447 e. The van der Waals surface area contributed by atoms with E-state index in [4.69, 9.17) is 4.74 Å². The number of hydrogen-bond donors (Lipinski definition) is 1. The summed E-state index contributed by atoms with van der Waals surface area (Å²) < 4.78 is 4.92. The Morgan fingerprint density at radius 2 is 1.81 bits per heavy atom. The smallest absolute Gasteiger partial charge is 0.407 e. The van der Waals surface area contributed by atoms with E-state index < -0.39 is 0 Å². The highest BCUT2D eigenvalue weighted by atomic mass is 16.6. The number of ether oxygens (including phenoxy) is 1. The molecule has 0 aliphatic carbocycles. The number of aryl methyl sites for hydroxylation is 1. The molecule has 0 bridgehead atoms. The second kappa shape index (κ2) is 5.72. The number of rotatable bonds is 1. The third-order valence-corrected chi connectivity index (χ3v) is 3.33. The lowest BCUT2D eigenvalue weighted by molar-refractivity contribution is 0.177. The Hall–Kier alpha value is -2.73. The van der Waals surface area contributed by atoms with E-state index in [9.17, 15) is 4.79 Å². The highest BCUT2D eigenvalue weighted by Crippen LogP contribution is 2.18. The van der Waals surface area contributed by atoms with Crippen LogP contribution in [0.1, 0.15) is 28.3 Å². The minimum absolute atomic E-state index is 0.0850. The van der Waals surface area contributed by atoms with E-state index in [1.165, 1.54) is 5.56 Å². The fourth-order valence-corrected chi connectivity index (χ4v) is 2.26. The molecule has 104 valence electrons. The van der Waals surface area contributed by atoms with Crippen LogP contribution in [0.15, 0.2) is 48.5 Å². The van der Waals surface area contributed by atoms with Crippen LogP contribution in [-0.4, -0.2) is 12.7 Å². The lowest BCUT2D eigenvalue weighted by Crippen LogP contribution is -2.18. The van der Waals surface area contributed by atoms with Crippen LogP contribution in [0.2, 0.25) is 0 Å². The van der Waals surface area contributed by atoms with Crippen molar-refractivity contribution in [2.24, 2.45) is 0 Å². The van der Waals surface area contributed by atoms with E-state index in [-0.39, 0.29) is 12.1 Å². The largest absolute Gasteiger partial charge is 0.447 e. The van der Waals surface area contributed by atoms with Crippen LogP contribution in [-0.2, 0) is 4.74 Å². The number of carbonyl (C=O) groups excluding carboxylic acids is 1. The van der Waals surface area contributed by atoms with Crippen LogP contribution in [0, 0.1) is 18.8 Å². The standard InChI is InChI=1S/C18H15NO2/c1-13-4-2-5-14(10-13)8-9-15-6-3-7-16(11-15)17-12-21-18(20)19-17/h2-7,10-11,17H,12H2,1H3,(H,19,20)/t17-/m0/s1. The van der Waals surface area contributed by atoms with Crippen molar-refractivity contribution in [3.63, 3.8) is 0 Å². The summed E-state index contributed by atoms with van der Waals surface area (Å²) in [6.07, 6.45) is -0.365. The van der Waals surface area contributed by atoms with E-state index in [1.807, 2.05) is 36.4 Å². The van der Waals surface area contributed by atoms with Crippen molar-refractivity contribution in [1.29, 1.82) is 0 Å². The first kappa shape index (κ1) is 13.3. The summed E-state index contributed by atoms with van der Waals surface area (Å²) in [7, 11) is 0. The number of benzene rings is 2. The Labute approximate surface area is 123 Å². The van der Waals surface area contributed by atoms with Crippen LogP contribution in [0.4, 0.5) is 4.79 Å². The van der Waals surface area contributed by atoms with Gasteiger partial charge in [-0.1, -0.05) is 36.1 Å². The quantitative estimate of drug-likeness (QED) is 0.813. The summed E-state index contributed by atoms with van der Waals surface area (Å²) in [6, 6.07) is 15.9. The second-order valence-electron chi connectivity index (χ2n) is 5.04. The zero-order chi connectivity index (χ0) is 14.7. The van der Waals surface area contributed by atoms with Gasteiger partial charge in [-0.05, 0) is 42.3 Å². The van der Waals surface area contributed by atoms with Gasteiger partial charge >= 0.3 is 6.09 Å². The van der Waals surface area contributed by atoms with Gasteiger partial charge in [0, 0.05) is 11.1 Å². The van der Waals surface area contributed by atoms with Crippen molar-refractivity contribution in [2.75, 3.05) is 6.61 Å². The van der Waals surface area contributed by atoms with Crippen molar-refractivity contribution < 1.29 is 9.53 Å². The molecule has 0 radical (unpaired) electrons. The van der Waals surface area contributed by atoms with Gasteiger partial charge in [-0.25, -0.2) is 4.79 Å². The normalized spacial score (nSPS) is 16.6. The van der Waals surface area contributed by atoms with Crippen molar-refractivity contribution >= 4 is 6.09 Å². The van der Waals surface area contributed by atoms with E-state index in [0.29, 0.717) is 6.61 Å². The topological polar surface area (TPSA) is 38.3 Å². The predicted octanol–water partition coefficient (Wildman–Crippen LogP) is 3.18. The Morgan fingerprint density at radius 3 is 2.48 bits per heavy atom. The van der Waals surface area contributed by atoms with Crippen LogP contribution in [0.5, 0.6) is 0 Å². The molecule has 2 aromatic rings. The number of hydrogen-bond acceptors (Lipinski definition) is 2. The van der Waals surface area contributed by atoms with Crippen LogP contribution in [0.25, 0.3) is 0 Å². The molecule has 1 saturated heterocycles. The Bertz CT molecular complexity index is 740. The summed E-state index contributed by atoms with van der Waals surface area (Å²) >= 11 is 0. The highest BCUT2D eigenvalue weighted by Gasteiger charge is 2.23. The van der Waals surface area contributed by atoms with E-state index in [0.717, 1.165) is 16.7 Å². The van der Waals surface area contributed by atoms with E-state index >= 15 is 0 Å². The average Bonchev–Trinajstić information content (AvgIpc) is 2.92. The highest BCUT2D eigenvalue weighted by molar-refractivity contribution is 5.70. The summed E-state index contributed by atoms with van der Waals surface area (Å²) in [5.41, 5.74) is 4.13. The Morgan fingerprint density at radius 1 is 1.10 bits per heavy atom. The molecule has 1 aliphatic heterocycles. The van der Waals surface area contributed by atoms with Crippen molar-refractivity contribution in [3.05, 3.63) is 70.8 Å². The molecule has 1 amide bonds. The predicted molar refractivity (Wildman–Crippen MR) is 80.8 cm³/mol. The molecule has 2 aromatic carbocycles. The number of amides is 1. The summed E-state index contributed by atoms with van der Waals surface area (Å²) in [4.78, 5) is 11.1. The second-order valence-corrected chi connectivity index (χ2v) is 5.04. The first-order valence-electron chi connectivity index (χ1n) is 6.83. The van der Waals surface area contributed by atoms with Crippen LogP contribution < -0.4 is 5.32 Å². The maximum atomic E-state index is 11.1. The molecule has 0 spiro atoms. The number of carbonyl (C=O) groups is 1. The molecule has 0 aromatic heterocycles. The molecule has 1 aliphatic rings. The van der Waals surface area contributed by atoms with Gasteiger partial charge in [-0.15, -0.1) is 0 Å². The number of cyclic esters (lactones) is 1. The Kier molecular flexibility index (Phi) is 3.61. The molecular formula is C18H15NO2. The first-order chi connectivity index (χ1) is 10.2. The van der Waals surface area contributed by atoms with E-state index in [1.54, 1.807) is 0 Å². The van der Waals surface area contributed by atoms with Gasteiger partial charge in [0.05, 0.1) is 6.04 Å². The van der Waals surface area contributed by atoms with Crippen LogP contribution >= 0.6 is 0 Å². The molecule has 0 unspecified atom stereocenters. The molecule has 1 heterocycles.